The molecule has 2 aromatic carbocycles. The Bertz CT molecular complexity index is 731. The molecule has 116 valence electrons. The quantitative estimate of drug-likeness (QED) is 0.803. The first-order chi connectivity index (χ1) is 11.3. The molecule has 0 aromatic heterocycles. The number of nitriles is 1. The van der Waals surface area contributed by atoms with Crippen LogP contribution in [0.3, 0.4) is 0 Å². The lowest BCUT2D eigenvalue weighted by atomic mass is 10.2. The lowest BCUT2D eigenvalue weighted by Gasteiger charge is -2.10. The van der Waals surface area contributed by atoms with Crippen LogP contribution >= 0.6 is 11.8 Å². The van der Waals surface area contributed by atoms with E-state index >= 15 is 0 Å². The van der Waals surface area contributed by atoms with Gasteiger partial charge in [0.2, 0.25) is 0 Å². The highest BCUT2D eigenvalue weighted by Crippen LogP contribution is 2.30. The van der Waals surface area contributed by atoms with E-state index in [0.29, 0.717) is 24.3 Å². The molecule has 1 saturated heterocycles. The molecule has 1 aliphatic rings. The molecular formula is C18H15NO3S. The summed E-state index contributed by atoms with van der Waals surface area (Å²) >= 11 is 1.50. The number of rotatable bonds is 4. The molecule has 0 amide bonds. The van der Waals surface area contributed by atoms with Gasteiger partial charge >= 0.3 is 5.97 Å². The van der Waals surface area contributed by atoms with Gasteiger partial charge in [0.15, 0.2) is 0 Å². The van der Waals surface area contributed by atoms with Gasteiger partial charge in [-0.3, -0.25) is 0 Å². The molecule has 1 aliphatic heterocycles. The zero-order valence-corrected chi connectivity index (χ0v) is 13.2. The van der Waals surface area contributed by atoms with Gasteiger partial charge in [0, 0.05) is 16.2 Å². The van der Waals surface area contributed by atoms with E-state index in [4.69, 9.17) is 14.7 Å². The lowest BCUT2D eigenvalue weighted by molar-refractivity contribution is 0.0270. The number of carbonyl (C=O) groups excluding carboxylic acids is 1. The highest BCUT2D eigenvalue weighted by molar-refractivity contribution is 7.99. The van der Waals surface area contributed by atoms with E-state index in [1.165, 1.54) is 11.8 Å². The number of esters is 1. The molecule has 1 atom stereocenters. The van der Waals surface area contributed by atoms with Gasteiger partial charge in [-0.15, -0.1) is 0 Å². The molecule has 23 heavy (non-hydrogen) atoms. The van der Waals surface area contributed by atoms with E-state index in [0.717, 1.165) is 16.2 Å². The number of hydrogen-bond donors (Lipinski definition) is 0. The molecule has 1 heterocycles. The summed E-state index contributed by atoms with van der Waals surface area (Å²) < 4.78 is 10.6. The van der Waals surface area contributed by atoms with Crippen molar-refractivity contribution in [1.82, 2.24) is 0 Å². The predicted molar refractivity (Wildman–Crippen MR) is 86.4 cm³/mol. The number of nitrogens with zero attached hydrogens (tertiary/aromatic N) is 1. The molecule has 0 aliphatic carbocycles. The third-order valence-corrected chi connectivity index (χ3v) is 4.57. The Hall–Kier alpha value is -2.29. The Balaban J connectivity index is 1.67. The van der Waals surface area contributed by atoms with Gasteiger partial charge in [-0.1, -0.05) is 23.9 Å². The maximum Gasteiger partial charge on any atom is 0.338 e. The summed E-state index contributed by atoms with van der Waals surface area (Å²) in [6, 6.07) is 16.8. The van der Waals surface area contributed by atoms with Crippen LogP contribution in [0.1, 0.15) is 22.3 Å². The van der Waals surface area contributed by atoms with Crippen LogP contribution < -0.4 is 0 Å². The van der Waals surface area contributed by atoms with Crippen molar-refractivity contribution in [3.8, 4) is 6.07 Å². The van der Waals surface area contributed by atoms with Crippen molar-refractivity contribution in [1.29, 1.82) is 5.26 Å². The first kappa shape index (κ1) is 15.6. The molecule has 0 saturated carbocycles. The second-order valence-electron chi connectivity index (χ2n) is 5.13. The topological polar surface area (TPSA) is 59.3 Å². The van der Waals surface area contributed by atoms with E-state index in [2.05, 4.69) is 6.07 Å². The molecule has 0 radical (unpaired) electrons. The van der Waals surface area contributed by atoms with Crippen LogP contribution in [0.2, 0.25) is 0 Å². The van der Waals surface area contributed by atoms with Crippen molar-refractivity contribution in [2.45, 2.75) is 22.3 Å². The fourth-order valence-corrected chi connectivity index (χ4v) is 3.16. The molecule has 1 fully saturated rings. The summed E-state index contributed by atoms with van der Waals surface area (Å²) in [4.78, 5) is 13.9. The maximum absolute atomic E-state index is 12.0. The van der Waals surface area contributed by atoms with Crippen LogP contribution in [0.25, 0.3) is 0 Å². The molecule has 2 aromatic rings. The van der Waals surface area contributed by atoms with E-state index in [1.54, 1.807) is 18.2 Å². The summed E-state index contributed by atoms with van der Waals surface area (Å²) in [5, 5.41) is 9.11. The highest BCUT2D eigenvalue weighted by Gasteiger charge is 2.20. The van der Waals surface area contributed by atoms with Crippen LogP contribution in [-0.2, 0) is 9.47 Å². The molecular weight excluding hydrogens is 310 g/mol. The zero-order valence-electron chi connectivity index (χ0n) is 12.4. The molecule has 1 unspecified atom stereocenters. The second kappa shape index (κ2) is 7.32. The van der Waals surface area contributed by atoms with Crippen molar-refractivity contribution in [3.63, 3.8) is 0 Å². The molecule has 5 heteroatoms. The van der Waals surface area contributed by atoms with Crippen molar-refractivity contribution >= 4 is 17.7 Å². The van der Waals surface area contributed by atoms with Crippen molar-refractivity contribution in [2.24, 2.45) is 0 Å². The van der Waals surface area contributed by atoms with Gasteiger partial charge in [0.1, 0.15) is 12.2 Å². The minimum atomic E-state index is -0.325. The Morgan fingerprint density at radius 2 is 2.00 bits per heavy atom. The predicted octanol–water partition coefficient (Wildman–Crippen LogP) is 3.66. The van der Waals surface area contributed by atoms with Crippen molar-refractivity contribution < 1.29 is 14.3 Å². The number of carbonyl (C=O) groups is 1. The number of benzene rings is 2. The SMILES string of the molecule is N#Cc1ccccc1Sc1ccc(C(=O)OC2CCOC2)cc1. The number of ether oxygens (including phenoxy) is 2. The van der Waals surface area contributed by atoms with Crippen molar-refractivity contribution in [2.75, 3.05) is 13.2 Å². The van der Waals surface area contributed by atoms with Crippen LogP contribution in [0.15, 0.2) is 58.3 Å². The Kier molecular flexibility index (Phi) is 4.96. The average molecular weight is 325 g/mol. The summed E-state index contributed by atoms with van der Waals surface area (Å²) in [5.41, 5.74) is 1.16. The van der Waals surface area contributed by atoms with Gasteiger partial charge < -0.3 is 9.47 Å². The fraction of sp³-hybridized carbons (Fsp3) is 0.222. The maximum atomic E-state index is 12.0. The first-order valence-electron chi connectivity index (χ1n) is 7.32. The van der Waals surface area contributed by atoms with E-state index in [1.807, 2.05) is 30.3 Å². The third kappa shape index (κ3) is 3.92. The van der Waals surface area contributed by atoms with Gasteiger partial charge in [0.05, 0.1) is 24.3 Å². The fourth-order valence-electron chi connectivity index (χ4n) is 2.26. The molecule has 0 spiro atoms. The minimum absolute atomic E-state index is 0.140. The molecule has 0 bridgehead atoms. The Morgan fingerprint density at radius 3 is 2.70 bits per heavy atom. The van der Waals surface area contributed by atoms with Crippen LogP contribution in [0, 0.1) is 11.3 Å². The third-order valence-electron chi connectivity index (χ3n) is 3.49. The summed E-state index contributed by atoms with van der Waals surface area (Å²) in [7, 11) is 0. The summed E-state index contributed by atoms with van der Waals surface area (Å²) in [5.74, 6) is -0.325. The largest absolute Gasteiger partial charge is 0.456 e. The van der Waals surface area contributed by atoms with Crippen LogP contribution in [-0.4, -0.2) is 25.3 Å². The smallest absolute Gasteiger partial charge is 0.338 e. The molecule has 0 N–H and O–H groups in total. The normalized spacial score (nSPS) is 16.7. The number of hydrogen-bond acceptors (Lipinski definition) is 5. The minimum Gasteiger partial charge on any atom is -0.456 e. The monoisotopic (exact) mass is 325 g/mol. The summed E-state index contributed by atoms with van der Waals surface area (Å²) in [6.07, 6.45) is 0.615. The van der Waals surface area contributed by atoms with Gasteiger partial charge in [-0.2, -0.15) is 5.26 Å². The average Bonchev–Trinajstić information content (AvgIpc) is 3.09. The van der Waals surface area contributed by atoms with E-state index < -0.39 is 0 Å². The molecule has 3 rings (SSSR count). The van der Waals surface area contributed by atoms with Gasteiger partial charge in [-0.05, 0) is 36.4 Å². The molecule has 4 nitrogen and oxygen atoms in total. The van der Waals surface area contributed by atoms with E-state index in [9.17, 15) is 4.79 Å². The Morgan fingerprint density at radius 1 is 1.22 bits per heavy atom. The van der Waals surface area contributed by atoms with E-state index in [-0.39, 0.29) is 12.1 Å². The Labute approximate surface area is 139 Å². The van der Waals surface area contributed by atoms with Crippen LogP contribution in [0.4, 0.5) is 0 Å². The summed E-state index contributed by atoms with van der Waals surface area (Å²) in [6.45, 7) is 1.12. The standard InChI is InChI=1S/C18H15NO3S/c19-11-14-3-1-2-4-17(14)23-16-7-5-13(6-8-16)18(20)22-15-9-10-21-12-15/h1-8,15H,9-10,12H2. The van der Waals surface area contributed by atoms with Gasteiger partial charge in [-0.25, -0.2) is 4.79 Å². The lowest BCUT2D eigenvalue weighted by Crippen LogP contribution is -2.17. The van der Waals surface area contributed by atoms with Crippen molar-refractivity contribution in [3.05, 3.63) is 59.7 Å². The highest BCUT2D eigenvalue weighted by atomic mass is 32.2. The first-order valence-corrected chi connectivity index (χ1v) is 8.13. The second-order valence-corrected chi connectivity index (χ2v) is 6.24. The van der Waals surface area contributed by atoms with Crippen LogP contribution in [0.5, 0.6) is 0 Å². The zero-order chi connectivity index (χ0) is 16.1. The van der Waals surface area contributed by atoms with Gasteiger partial charge in [0.25, 0.3) is 0 Å².